The second-order valence-electron chi connectivity index (χ2n) is 6.20. The summed E-state index contributed by atoms with van der Waals surface area (Å²) in [4.78, 5) is 17.2. The Morgan fingerprint density at radius 1 is 1.43 bits per heavy atom. The van der Waals surface area contributed by atoms with Gasteiger partial charge in [0.05, 0.1) is 6.33 Å². The van der Waals surface area contributed by atoms with Crippen LogP contribution in [0.2, 0.25) is 0 Å². The molecule has 0 aliphatic carbocycles. The average molecular weight is 313 g/mol. The van der Waals surface area contributed by atoms with Gasteiger partial charge in [0.15, 0.2) is 0 Å². The molecule has 0 bridgehead atoms. The van der Waals surface area contributed by atoms with Crippen molar-refractivity contribution in [3.8, 4) is 0 Å². The summed E-state index contributed by atoms with van der Waals surface area (Å²) in [6.45, 7) is 3.94. The van der Waals surface area contributed by atoms with Crippen LogP contribution in [0.25, 0.3) is 0 Å². The number of aromatic nitrogens is 2. The maximum atomic E-state index is 11.1. The first-order chi connectivity index (χ1) is 11.2. The Hall–Kier alpha value is -2.30. The molecular weight excluding hydrogens is 290 g/mol. The monoisotopic (exact) mass is 313 g/mol. The average Bonchev–Trinajstić information content (AvgIpc) is 3.13. The fraction of sp³-hybridized carbons (Fsp3) is 0.444. The molecule has 5 heteroatoms. The Morgan fingerprint density at radius 3 is 3.00 bits per heavy atom. The number of hydrogen-bond donors (Lipinski definition) is 1. The predicted octanol–water partition coefficient (Wildman–Crippen LogP) is 2.91. The van der Waals surface area contributed by atoms with Crippen LogP contribution in [0, 0.1) is 0 Å². The van der Waals surface area contributed by atoms with E-state index in [9.17, 15) is 4.79 Å². The smallest absolute Gasteiger partial charge is 0.323 e. The Morgan fingerprint density at radius 2 is 2.30 bits per heavy atom. The van der Waals surface area contributed by atoms with Gasteiger partial charge in [-0.3, -0.25) is 4.79 Å². The number of aliphatic carboxylic acids is 1. The largest absolute Gasteiger partial charge is 0.480 e. The summed E-state index contributed by atoms with van der Waals surface area (Å²) in [5.74, 6) is -0.396. The van der Waals surface area contributed by atoms with Gasteiger partial charge in [-0.05, 0) is 30.0 Å². The number of hydrogen-bond acceptors (Lipinski definition) is 3. The molecule has 122 valence electrons. The fourth-order valence-corrected chi connectivity index (χ4v) is 3.41. The van der Waals surface area contributed by atoms with Crippen molar-refractivity contribution in [2.75, 3.05) is 18.0 Å². The molecule has 2 aromatic rings. The molecule has 0 spiro atoms. The summed E-state index contributed by atoms with van der Waals surface area (Å²) in [7, 11) is 0. The lowest BCUT2D eigenvalue weighted by molar-refractivity contribution is -0.135. The summed E-state index contributed by atoms with van der Waals surface area (Å²) in [5.41, 5.74) is 3.73. The lowest BCUT2D eigenvalue weighted by atomic mass is 9.95. The quantitative estimate of drug-likeness (QED) is 0.854. The zero-order chi connectivity index (χ0) is 16.2. The minimum Gasteiger partial charge on any atom is -0.480 e. The summed E-state index contributed by atoms with van der Waals surface area (Å²) in [6.07, 6.45) is 8.78. The van der Waals surface area contributed by atoms with Crippen molar-refractivity contribution in [3.05, 3.63) is 48.0 Å². The molecule has 1 aromatic carbocycles. The van der Waals surface area contributed by atoms with E-state index in [2.05, 4.69) is 34.7 Å². The van der Waals surface area contributed by atoms with Crippen LogP contribution < -0.4 is 4.90 Å². The van der Waals surface area contributed by atoms with E-state index in [1.807, 2.05) is 17.4 Å². The van der Waals surface area contributed by atoms with Crippen LogP contribution >= 0.6 is 0 Å². The fourth-order valence-electron chi connectivity index (χ4n) is 3.41. The molecule has 2 heterocycles. The Bertz CT molecular complexity index is 667. The number of nitrogens with zero attached hydrogens (tertiary/aromatic N) is 3. The van der Waals surface area contributed by atoms with Crippen LogP contribution in [0.5, 0.6) is 0 Å². The van der Waals surface area contributed by atoms with E-state index in [-0.39, 0.29) is 6.54 Å². The SMILES string of the molecule is CCCc1ccc2c(c1)C(CCn1ccnc1)CN2CC(=O)O. The summed E-state index contributed by atoms with van der Waals surface area (Å²) in [6, 6.07) is 6.51. The van der Waals surface area contributed by atoms with Crippen LogP contribution in [0.4, 0.5) is 5.69 Å². The van der Waals surface area contributed by atoms with E-state index in [1.165, 1.54) is 11.1 Å². The molecule has 1 atom stereocenters. The van der Waals surface area contributed by atoms with Gasteiger partial charge >= 0.3 is 5.97 Å². The number of imidazole rings is 1. The van der Waals surface area contributed by atoms with E-state index < -0.39 is 5.97 Å². The van der Waals surface area contributed by atoms with E-state index in [1.54, 1.807) is 6.20 Å². The molecule has 0 radical (unpaired) electrons. The third-order valence-electron chi connectivity index (χ3n) is 4.47. The van der Waals surface area contributed by atoms with E-state index in [0.29, 0.717) is 5.92 Å². The summed E-state index contributed by atoms with van der Waals surface area (Å²) >= 11 is 0. The van der Waals surface area contributed by atoms with Gasteiger partial charge in [0.25, 0.3) is 0 Å². The van der Waals surface area contributed by atoms with Crippen molar-refractivity contribution in [1.29, 1.82) is 0 Å². The molecule has 23 heavy (non-hydrogen) atoms. The molecule has 5 nitrogen and oxygen atoms in total. The van der Waals surface area contributed by atoms with Crippen LogP contribution in [-0.4, -0.2) is 33.7 Å². The first-order valence-electron chi connectivity index (χ1n) is 8.22. The summed E-state index contributed by atoms with van der Waals surface area (Å²) in [5, 5.41) is 9.15. The Labute approximate surface area is 136 Å². The molecule has 1 unspecified atom stereocenters. The van der Waals surface area contributed by atoms with Gasteiger partial charge in [-0.15, -0.1) is 0 Å². The number of rotatable bonds is 7. The highest BCUT2D eigenvalue weighted by Gasteiger charge is 2.29. The van der Waals surface area contributed by atoms with Crippen LogP contribution in [0.1, 0.15) is 36.8 Å². The Balaban J connectivity index is 1.80. The second kappa shape index (κ2) is 6.86. The molecule has 1 aliphatic rings. The standard InChI is InChI=1S/C18H23N3O2/c1-2-3-14-4-5-17-16(10-14)15(11-21(17)12-18(22)23)6-8-20-9-7-19-13-20/h4-5,7,9-10,13,15H,2-3,6,8,11-12H2,1H3,(H,22,23). The molecule has 0 fully saturated rings. The van der Waals surface area contributed by atoms with E-state index in [0.717, 1.165) is 38.0 Å². The molecule has 0 saturated heterocycles. The van der Waals surface area contributed by atoms with Crippen molar-refractivity contribution in [2.24, 2.45) is 0 Å². The topological polar surface area (TPSA) is 58.4 Å². The first kappa shape index (κ1) is 15.6. The van der Waals surface area contributed by atoms with Crippen LogP contribution in [0.3, 0.4) is 0 Å². The minimum absolute atomic E-state index is 0.0711. The number of carboxylic acids is 1. The number of anilines is 1. The highest BCUT2D eigenvalue weighted by molar-refractivity contribution is 5.76. The maximum Gasteiger partial charge on any atom is 0.323 e. The van der Waals surface area contributed by atoms with Gasteiger partial charge in [-0.25, -0.2) is 4.98 Å². The maximum absolute atomic E-state index is 11.1. The number of aryl methyl sites for hydroxylation is 2. The number of carbonyl (C=O) groups is 1. The van der Waals surface area contributed by atoms with Crippen molar-refractivity contribution < 1.29 is 9.90 Å². The minimum atomic E-state index is -0.774. The van der Waals surface area contributed by atoms with Gasteiger partial charge in [0.1, 0.15) is 6.54 Å². The molecule has 1 N–H and O–H groups in total. The lowest BCUT2D eigenvalue weighted by Crippen LogP contribution is -2.28. The van der Waals surface area contributed by atoms with Gasteiger partial charge < -0.3 is 14.6 Å². The lowest BCUT2D eigenvalue weighted by Gasteiger charge is -2.17. The van der Waals surface area contributed by atoms with Crippen LogP contribution in [0.15, 0.2) is 36.9 Å². The third kappa shape index (κ3) is 3.55. The van der Waals surface area contributed by atoms with Gasteiger partial charge in [-0.2, -0.15) is 0 Å². The second-order valence-corrected chi connectivity index (χ2v) is 6.20. The zero-order valence-electron chi connectivity index (χ0n) is 13.5. The number of carboxylic acid groups (broad SMARTS) is 1. The normalized spacial score (nSPS) is 16.6. The highest BCUT2D eigenvalue weighted by Crippen LogP contribution is 2.39. The predicted molar refractivity (Wildman–Crippen MR) is 89.9 cm³/mol. The third-order valence-corrected chi connectivity index (χ3v) is 4.47. The molecular formula is C18H23N3O2. The first-order valence-corrected chi connectivity index (χ1v) is 8.22. The van der Waals surface area contributed by atoms with Crippen molar-refractivity contribution >= 4 is 11.7 Å². The number of benzene rings is 1. The van der Waals surface area contributed by atoms with Gasteiger partial charge in [-0.1, -0.05) is 25.5 Å². The van der Waals surface area contributed by atoms with Crippen molar-refractivity contribution in [2.45, 2.75) is 38.6 Å². The van der Waals surface area contributed by atoms with Gasteiger partial charge in [0, 0.05) is 37.1 Å². The molecule has 1 aliphatic heterocycles. The Kier molecular flexibility index (Phi) is 4.65. The highest BCUT2D eigenvalue weighted by atomic mass is 16.4. The van der Waals surface area contributed by atoms with E-state index >= 15 is 0 Å². The molecule has 0 amide bonds. The molecule has 0 saturated carbocycles. The van der Waals surface area contributed by atoms with Crippen molar-refractivity contribution in [3.63, 3.8) is 0 Å². The van der Waals surface area contributed by atoms with Crippen LogP contribution in [-0.2, 0) is 17.8 Å². The molecule has 1 aromatic heterocycles. The summed E-state index contributed by atoms with van der Waals surface area (Å²) < 4.78 is 2.08. The van der Waals surface area contributed by atoms with Gasteiger partial charge in [0.2, 0.25) is 0 Å². The van der Waals surface area contributed by atoms with Crippen molar-refractivity contribution in [1.82, 2.24) is 9.55 Å². The molecule has 3 rings (SSSR count). The zero-order valence-corrected chi connectivity index (χ0v) is 13.5. The number of fused-ring (bicyclic) bond motifs is 1. The van der Waals surface area contributed by atoms with E-state index in [4.69, 9.17) is 5.11 Å².